The van der Waals surface area contributed by atoms with Gasteiger partial charge in [-0.15, -0.1) is 0 Å². The van der Waals surface area contributed by atoms with E-state index in [1.807, 2.05) is 0 Å². The van der Waals surface area contributed by atoms with E-state index in [1.165, 1.54) is 24.2 Å². The molecule has 72 valence electrons. The SMILES string of the molecule is Cc1ccc(C)n1CC1(CO)CC1. The molecule has 0 saturated heterocycles. The highest BCUT2D eigenvalue weighted by molar-refractivity contribution is 5.15. The maximum absolute atomic E-state index is 9.22. The highest BCUT2D eigenvalue weighted by atomic mass is 16.3. The van der Waals surface area contributed by atoms with Crippen molar-refractivity contribution in [2.75, 3.05) is 6.61 Å². The van der Waals surface area contributed by atoms with Gasteiger partial charge < -0.3 is 9.67 Å². The zero-order chi connectivity index (χ0) is 9.47. The van der Waals surface area contributed by atoms with Crippen LogP contribution in [-0.4, -0.2) is 16.3 Å². The van der Waals surface area contributed by atoms with E-state index < -0.39 is 0 Å². The van der Waals surface area contributed by atoms with Gasteiger partial charge in [0.05, 0.1) is 6.61 Å². The fraction of sp³-hybridized carbons (Fsp3) is 0.636. The fourth-order valence-corrected chi connectivity index (χ4v) is 1.83. The molecular weight excluding hydrogens is 162 g/mol. The van der Waals surface area contributed by atoms with Crippen LogP contribution in [-0.2, 0) is 6.54 Å². The quantitative estimate of drug-likeness (QED) is 0.753. The smallest absolute Gasteiger partial charge is 0.0504 e. The molecule has 2 heteroatoms. The topological polar surface area (TPSA) is 25.2 Å². The molecule has 0 unspecified atom stereocenters. The third-order valence-corrected chi connectivity index (χ3v) is 3.20. The second-order valence-electron chi connectivity index (χ2n) is 4.36. The number of aliphatic hydroxyl groups is 1. The van der Waals surface area contributed by atoms with Crippen LogP contribution in [0.3, 0.4) is 0 Å². The maximum Gasteiger partial charge on any atom is 0.0504 e. The van der Waals surface area contributed by atoms with Crippen molar-refractivity contribution in [1.82, 2.24) is 4.57 Å². The van der Waals surface area contributed by atoms with Gasteiger partial charge in [0, 0.05) is 23.3 Å². The van der Waals surface area contributed by atoms with E-state index in [-0.39, 0.29) is 5.41 Å². The standard InChI is InChI=1S/C11H17NO/c1-9-3-4-10(2)12(9)7-11(8-13)5-6-11/h3-4,13H,5-8H2,1-2H3. The van der Waals surface area contributed by atoms with E-state index in [1.54, 1.807) is 0 Å². The molecule has 1 aromatic rings. The Hall–Kier alpha value is -0.760. The van der Waals surface area contributed by atoms with Crippen LogP contribution in [0.15, 0.2) is 12.1 Å². The summed E-state index contributed by atoms with van der Waals surface area (Å²) in [6, 6.07) is 4.28. The van der Waals surface area contributed by atoms with Gasteiger partial charge in [0.25, 0.3) is 0 Å². The number of rotatable bonds is 3. The molecule has 0 amide bonds. The molecule has 1 aromatic heterocycles. The van der Waals surface area contributed by atoms with E-state index in [0.29, 0.717) is 6.61 Å². The molecule has 2 rings (SSSR count). The Kier molecular flexibility index (Phi) is 1.95. The summed E-state index contributed by atoms with van der Waals surface area (Å²) in [6.45, 7) is 5.58. The number of hydrogen-bond donors (Lipinski definition) is 1. The van der Waals surface area contributed by atoms with Crippen molar-refractivity contribution in [3.05, 3.63) is 23.5 Å². The summed E-state index contributed by atoms with van der Waals surface area (Å²) in [5.74, 6) is 0. The molecule has 2 nitrogen and oxygen atoms in total. The Labute approximate surface area is 79.2 Å². The second kappa shape index (κ2) is 2.88. The number of aromatic nitrogens is 1. The van der Waals surface area contributed by atoms with Crippen molar-refractivity contribution in [1.29, 1.82) is 0 Å². The summed E-state index contributed by atoms with van der Waals surface area (Å²) in [5, 5.41) is 9.22. The molecule has 0 bridgehead atoms. The summed E-state index contributed by atoms with van der Waals surface area (Å²) >= 11 is 0. The summed E-state index contributed by atoms with van der Waals surface area (Å²) in [5.41, 5.74) is 2.82. The van der Waals surface area contributed by atoms with Crippen LogP contribution in [0.25, 0.3) is 0 Å². The van der Waals surface area contributed by atoms with Crippen LogP contribution in [0.4, 0.5) is 0 Å². The average molecular weight is 179 g/mol. The lowest BCUT2D eigenvalue weighted by atomic mass is 10.1. The summed E-state index contributed by atoms with van der Waals surface area (Å²) in [7, 11) is 0. The number of aryl methyl sites for hydroxylation is 2. The van der Waals surface area contributed by atoms with Gasteiger partial charge in [-0.1, -0.05) is 0 Å². The second-order valence-corrected chi connectivity index (χ2v) is 4.36. The zero-order valence-corrected chi connectivity index (χ0v) is 8.38. The molecule has 13 heavy (non-hydrogen) atoms. The van der Waals surface area contributed by atoms with Crippen molar-refractivity contribution < 1.29 is 5.11 Å². The van der Waals surface area contributed by atoms with Gasteiger partial charge in [0.2, 0.25) is 0 Å². The molecule has 1 N–H and O–H groups in total. The van der Waals surface area contributed by atoms with Gasteiger partial charge in [-0.05, 0) is 38.8 Å². The highest BCUT2D eigenvalue weighted by Crippen LogP contribution is 2.46. The minimum absolute atomic E-state index is 0.217. The normalized spacial score (nSPS) is 19.0. The lowest BCUT2D eigenvalue weighted by molar-refractivity contribution is 0.193. The Morgan fingerprint density at radius 2 is 1.85 bits per heavy atom. The van der Waals surface area contributed by atoms with Crippen LogP contribution >= 0.6 is 0 Å². The molecule has 0 radical (unpaired) electrons. The molecule has 0 aliphatic heterocycles. The maximum atomic E-state index is 9.22. The van der Waals surface area contributed by atoms with Crippen LogP contribution in [0.1, 0.15) is 24.2 Å². The molecule has 0 spiro atoms. The summed E-state index contributed by atoms with van der Waals surface area (Å²) in [4.78, 5) is 0. The van der Waals surface area contributed by atoms with Gasteiger partial charge in [0.15, 0.2) is 0 Å². The zero-order valence-electron chi connectivity index (χ0n) is 8.38. The Morgan fingerprint density at radius 3 is 2.23 bits per heavy atom. The fourth-order valence-electron chi connectivity index (χ4n) is 1.83. The predicted molar refractivity (Wildman–Crippen MR) is 52.7 cm³/mol. The Morgan fingerprint density at radius 1 is 1.31 bits per heavy atom. The number of nitrogens with zero attached hydrogens (tertiary/aromatic N) is 1. The van der Waals surface area contributed by atoms with Gasteiger partial charge in [-0.25, -0.2) is 0 Å². The van der Waals surface area contributed by atoms with Crippen molar-refractivity contribution in [3.63, 3.8) is 0 Å². The lowest BCUT2D eigenvalue weighted by Crippen LogP contribution is -2.17. The first-order chi connectivity index (χ1) is 6.17. The Balaban J connectivity index is 2.17. The molecule has 1 heterocycles. The summed E-state index contributed by atoms with van der Waals surface area (Å²) in [6.07, 6.45) is 2.36. The van der Waals surface area contributed by atoms with Crippen LogP contribution in [0.2, 0.25) is 0 Å². The summed E-state index contributed by atoms with van der Waals surface area (Å²) < 4.78 is 2.31. The first kappa shape index (κ1) is 8.82. The predicted octanol–water partition coefficient (Wildman–Crippen LogP) is 1.88. The number of hydrogen-bond acceptors (Lipinski definition) is 1. The van der Waals surface area contributed by atoms with Crippen LogP contribution in [0, 0.1) is 19.3 Å². The molecule has 1 aliphatic rings. The van der Waals surface area contributed by atoms with E-state index in [9.17, 15) is 5.11 Å². The Bertz CT molecular complexity index is 290. The highest BCUT2D eigenvalue weighted by Gasteiger charge is 2.42. The third kappa shape index (κ3) is 1.51. The largest absolute Gasteiger partial charge is 0.396 e. The molecular formula is C11H17NO. The molecule has 1 saturated carbocycles. The monoisotopic (exact) mass is 179 g/mol. The number of aliphatic hydroxyl groups excluding tert-OH is 1. The van der Waals surface area contributed by atoms with E-state index in [2.05, 4.69) is 30.5 Å². The van der Waals surface area contributed by atoms with E-state index in [0.717, 1.165) is 6.54 Å². The minimum Gasteiger partial charge on any atom is -0.396 e. The van der Waals surface area contributed by atoms with Gasteiger partial charge in [0.1, 0.15) is 0 Å². The minimum atomic E-state index is 0.217. The first-order valence-corrected chi connectivity index (χ1v) is 4.90. The van der Waals surface area contributed by atoms with Gasteiger partial charge in [-0.2, -0.15) is 0 Å². The molecule has 1 fully saturated rings. The van der Waals surface area contributed by atoms with Crippen molar-refractivity contribution in [2.24, 2.45) is 5.41 Å². The van der Waals surface area contributed by atoms with E-state index in [4.69, 9.17) is 0 Å². The molecule has 1 aliphatic carbocycles. The van der Waals surface area contributed by atoms with Crippen molar-refractivity contribution in [2.45, 2.75) is 33.2 Å². The molecule has 0 atom stereocenters. The van der Waals surface area contributed by atoms with Gasteiger partial charge in [-0.3, -0.25) is 0 Å². The van der Waals surface area contributed by atoms with E-state index >= 15 is 0 Å². The molecule has 0 aromatic carbocycles. The lowest BCUT2D eigenvalue weighted by Gasteiger charge is -2.16. The van der Waals surface area contributed by atoms with Gasteiger partial charge >= 0.3 is 0 Å². The van der Waals surface area contributed by atoms with Crippen molar-refractivity contribution in [3.8, 4) is 0 Å². The third-order valence-electron chi connectivity index (χ3n) is 3.20. The average Bonchev–Trinajstić information content (AvgIpc) is 2.84. The van der Waals surface area contributed by atoms with Crippen LogP contribution in [0.5, 0.6) is 0 Å². The van der Waals surface area contributed by atoms with Crippen molar-refractivity contribution >= 4 is 0 Å². The first-order valence-electron chi connectivity index (χ1n) is 4.90. The van der Waals surface area contributed by atoms with Crippen LogP contribution < -0.4 is 0 Å².